The molecule has 0 aliphatic heterocycles. The summed E-state index contributed by atoms with van der Waals surface area (Å²) in [5.41, 5.74) is 5.30. The van der Waals surface area contributed by atoms with Gasteiger partial charge >= 0.3 is 6.09 Å². The highest BCUT2D eigenvalue weighted by molar-refractivity contribution is 5.79. The zero-order valence-corrected chi connectivity index (χ0v) is 16.8. The summed E-state index contributed by atoms with van der Waals surface area (Å²) in [6.07, 6.45) is -0.533. The topological polar surface area (TPSA) is 77.0 Å². The molecule has 30 heavy (non-hydrogen) atoms. The summed E-state index contributed by atoms with van der Waals surface area (Å²) in [6, 6.07) is 19.3. The number of hydrogen-bond acceptors (Lipinski definition) is 5. The van der Waals surface area contributed by atoms with Crippen LogP contribution in [0.5, 0.6) is 17.2 Å². The Kier molecular flexibility index (Phi) is 5.48. The van der Waals surface area contributed by atoms with Crippen molar-refractivity contribution in [3.8, 4) is 28.4 Å². The van der Waals surface area contributed by atoms with Gasteiger partial charge in [0.1, 0.15) is 23.9 Å². The SMILES string of the molecule is COc1cc(O)cc(OC)c1CNC(=O)OCC1c2ccccc2-c2ccccc21. The molecule has 0 bridgehead atoms. The lowest BCUT2D eigenvalue weighted by molar-refractivity contribution is 0.142. The van der Waals surface area contributed by atoms with Crippen LogP contribution in [0.25, 0.3) is 11.1 Å². The number of methoxy groups -OCH3 is 2. The molecule has 3 aromatic rings. The van der Waals surface area contributed by atoms with Crippen LogP contribution in [-0.2, 0) is 11.3 Å². The monoisotopic (exact) mass is 405 g/mol. The van der Waals surface area contributed by atoms with E-state index in [2.05, 4.69) is 29.6 Å². The van der Waals surface area contributed by atoms with E-state index < -0.39 is 6.09 Å². The minimum atomic E-state index is -0.533. The van der Waals surface area contributed by atoms with Crippen molar-refractivity contribution < 1.29 is 24.1 Å². The molecule has 0 atom stereocenters. The van der Waals surface area contributed by atoms with Crippen LogP contribution in [0.2, 0.25) is 0 Å². The number of hydrogen-bond donors (Lipinski definition) is 2. The average Bonchev–Trinajstić information content (AvgIpc) is 3.10. The molecule has 154 valence electrons. The Bertz CT molecular complexity index is 1010. The minimum absolute atomic E-state index is 0.000828. The van der Waals surface area contributed by atoms with Crippen LogP contribution in [0.15, 0.2) is 60.7 Å². The molecule has 0 spiro atoms. The second kappa shape index (κ2) is 8.37. The molecule has 1 aliphatic carbocycles. The van der Waals surface area contributed by atoms with Crippen molar-refractivity contribution in [2.75, 3.05) is 20.8 Å². The number of alkyl carbamates (subject to hydrolysis) is 1. The predicted molar refractivity (Wildman–Crippen MR) is 113 cm³/mol. The van der Waals surface area contributed by atoms with E-state index in [9.17, 15) is 9.90 Å². The van der Waals surface area contributed by atoms with Crippen molar-refractivity contribution in [3.05, 3.63) is 77.4 Å². The van der Waals surface area contributed by atoms with Gasteiger partial charge in [-0.25, -0.2) is 4.79 Å². The van der Waals surface area contributed by atoms with Crippen molar-refractivity contribution in [2.45, 2.75) is 12.5 Å². The maximum Gasteiger partial charge on any atom is 0.407 e. The minimum Gasteiger partial charge on any atom is -0.508 e. The van der Waals surface area contributed by atoms with E-state index in [-0.39, 0.29) is 24.8 Å². The second-order valence-corrected chi connectivity index (χ2v) is 7.01. The summed E-state index contributed by atoms with van der Waals surface area (Å²) in [5.74, 6) is 0.867. The Balaban J connectivity index is 1.44. The number of aromatic hydroxyl groups is 1. The van der Waals surface area contributed by atoms with Gasteiger partial charge in [0.25, 0.3) is 0 Å². The molecular weight excluding hydrogens is 382 g/mol. The molecule has 0 heterocycles. The number of ether oxygens (including phenoxy) is 3. The first-order valence-corrected chi connectivity index (χ1v) is 9.65. The third kappa shape index (κ3) is 3.64. The summed E-state index contributed by atoms with van der Waals surface area (Å²) in [5, 5.41) is 12.5. The first-order valence-electron chi connectivity index (χ1n) is 9.65. The van der Waals surface area contributed by atoms with Gasteiger partial charge in [-0.1, -0.05) is 48.5 Å². The fraction of sp³-hybridized carbons (Fsp3) is 0.208. The van der Waals surface area contributed by atoms with Crippen molar-refractivity contribution >= 4 is 6.09 Å². The van der Waals surface area contributed by atoms with E-state index in [1.165, 1.54) is 37.5 Å². The van der Waals surface area contributed by atoms with E-state index in [4.69, 9.17) is 14.2 Å². The van der Waals surface area contributed by atoms with Gasteiger partial charge in [-0.2, -0.15) is 0 Å². The Morgan fingerprint density at radius 2 is 1.47 bits per heavy atom. The van der Waals surface area contributed by atoms with Crippen LogP contribution in [0, 0.1) is 0 Å². The van der Waals surface area contributed by atoms with E-state index in [1.54, 1.807) is 0 Å². The van der Waals surface area contributed by atoms with Crippen LogP contribution >= 0.6 is 0 Å². The number of rotatable bonds is 6. The van der Waals surface area contributed by atoms with Crippen LogP contribution in [-0.4, -0.2) is 32.0 Å². The van der Waals surface area contributed by atoms with Crippen LogP contribution in [0.4, 0.5) is 4.79 Å². The summed E-state index contributed by atoms with van der Waals surface area (Å²) < 4.78 is 16.1. The van der Waals surface area contributed by atoms with Gasteiger partial charge < -0.3 is 24.6 Å². The molecular formula is C24H23NO5. The van der Waals surface area contributed by atoms with Gasteiger partial charge in [-0.3, -0.25) is 0 Å². The van der Waals surface area contributed by atoms with E-state index >= 15 is 0 Å². The summed E-state index contributed by atoms with van der Waals surface area (Å²) in [4.78, 5) is 12.4. The normalized spacial score (nSPS) is 12.1. The lowest BCUT2D eigenvalue weighted by atomic mass is 9.98. The molecule has 0 radical (unpaired) electrons. The third-order valence-electron chi connectivity index (χ3n) is 5.35. The fourth-order valence-corrected chi connectivity index (χ4v) is 3.95. The van der Waals surface area contributed by atoms with E-state index in [1.807, 2.05) is 24.3 Å². The van der Waals surface area contributed by atoms with E-state index in [0.717, 1.165) is 11.1 Å². The summed E-state index contributed by atoms with van der Waals surface area (Å²) in [7, 11) is 2.98. The number of phenols is 1. The van der Waals surface area contributed by atoms with Gasteiger partial charge in [0.2, 0.25) is 0 Å². The van der Waals surface area contributed by atoms with Crippen LogP contribution in [0.3, 0.4) is 0 Å². The molecule has 0 saturated carbocycles. The predicted octanol–water partition coefficient (Wildman–Crippen LogP) is 4.45. The van der Waals surface area contributed by atoms with Gasteiger partial charge in [-0.05, 0) is 22.3 Å². The lowest BCUT2D eigenvalue weighted by Crippen LogP contribution is -2.26. The van der Waals surface area contributed by atoms with Crippen molar-refractivity contribution in [3.63, 3.8) is 0 Å². The van der Waals surface area contributed by atoms with Crippen molar-refractivity contribution in [1.29, 1.82) is 0 Å². The zero-order valence-electron chi connectivity index (χ0n) is 16.8. The summed E-state index contributed by atoms with van der Waals surface area (Å²) >= 11 is 0. The molecule has 1 amide bonds. The first-order chi connectivity index (χ1) is 14.6. The van der Waals surface area contributed by atoms with Crippen LogP contribution in [0.1, 0.15) is 22.6 Å². The average molecular weight is 405 g/mol. The molecule has 0 saturated heterocycles. The maximum absolute atomic E-state index is 12.4. The number of carbonyl (C=O) groups excluding carboxylic acids is 1. The molecule has 6 nitrogen and oxygen atoms in total. The van der Waals surface area contributed by atoms with Crippen LogP contribution < -0.4 is 14.8 Å². The lowest BCUT2D eigenvalue weighted by Gasteiger charge is -2.16. The molecule has 4 rings (SSSR count). The molecule has 3 aromatic carbocycles. The molecule has 0 aromatic heterocycles. The molecule has 6 heteroatoms. The Morgan fingerprint density at radius 1 is 0.933 bits per heavy atom. The second-order valence-electron chi connectivity index (χ2n) is 7.01. The zero-order chi connectivity index (χ0) is 21.1. The Hall–Kier alpha value is -3.67. The van der Waals surface area contributed by atoms with Gasteiger partial charge in [-0.15, -0.1) is 0 Å². The largest absolute Gasteiger partial charge is 0.508 e. The van der Waals surface area contributed by atoms with E-state index in [0.29, 0.717) is 17.1 Å². The number of phenolic OH excluding ortho intramolecular Hbond substituents is 1. The van der Waals surface area contributed by atoms with Gasteiger partial charge in [0.15, 0.2) is 0 Å². The first kappa shape index (κ1) is 19.6. The van der Waals surface area contributed by atoms with Crippen molar-refractivity contribution in [2.24, 2.45) is 0 Å². The number of benzene rings is 3. The van der Waals surface area contributed by atoms with Crippen molar-refractivity contribution in [1.82, 2.24) is 5.32 Å². The Morgan fingerprint density at radius 3 is 2.00 bits per heavy atom. The fourth-order valence-electron chi connectivity index (χ4n) is 3.95. The highest BCUT2D eigenvalue weighted by Crippen LogP contribution is 2.44. The Labute approximate surface area is 175 Å². The number of amides is 1. The number of fused-ring (bicyclic) bond motifs is 3. The molecule has 2 N–H and O–H groups in total. The molecule has 0 fully saturated rings. The van der Waals surface area contributed by atoms with Gasteiger partial charge in [0, 0.05) is 18.1 Å². The highest BCUT2D eigenvalue weighted by Gasteiger charge is 2.29. The quantitative estimate of drug-likeness (QED) is 0.634. The standard InChI is InChI=1S/C24H23NO5/c1-28-22-11-15(26)12-23(29-2)20(22)13-25-24(27)30-14-21-18-9-5-3-7-16(18)17-8-4-6-10-19(17)21/h3-12,21,26H,13-14H2,1-2H3,(H,25,27). The summed E-state index contributed by atoms with van der Waals surface area (Å²) in [6.45, 7) is 0.382. The van der Waals surface area contributed by atoms with Gasteiger partial charge in [0.05, 0.1) is 26.3 Å². The number of carbonyl (C=O) groups is 1. The highest BCUT2D eigenvalue weighted by atomic mass is 16.5. The third-order valence-corrected chi connectivity index (χ3v) is 5.35. The number of nitrogens with one attached hydrogen (secondary N) is 1. The maximum atomic E-state index is 12.4. The smallest absolute Gasteiger partial charge is 0.407 e. The molecule has 1 aliphatic rings. The molecule has 0 unspecified atom stereocenters.